The van der Waals surface area contributed by atoms with Gasteiger partial charge in [-0.15, -0.1) is 0 Å². The van der Waals surface area contributed by atoms with Crippen LogP contribution in [0.25, 0.3) is 0 Å². The summed E-state index contributed by atoms with van der Waals surface area (Å²) in [5.74, 6) is 1.85. The Morgan fingerprint density at radius 2 is 1.65 bits per heavy atom. The van der Waals surface area contributed by atoms with Gasteiger partial charge in [0.25, 0.3) is 0 Å². The average molecular weight is 238 g/mol. The Hall–Kier alpha value is -1.71. The predicted octanol–water partition coefficient (Wildman–Crippen LogP) is 2.65. The van der Waals surface area contributed by atoms with E-state index in [9.17, 15) is 4.79 Å². The molecule has 0 N–H and O–H groups in total. The summed E-state index contributed by atoms with van der Waals surface area (Å²) in [6, 6.07) is 1.67. The highest BCUT2D eigenvalue weighted by Crippen LogP contribution is 2.43. The van der Waals surface area contributed by atoms with Gasteiger partial charge in [-0.3, -0.25) is 4.79 Å². The molecule has 0 fully saturated rings. The maximum atomic E-state index is 11.0. The Kier molecular flexibility index (Phi) is 4.37. The van der Waals surface area contributed by atoms with Crippen LogP contribution >= 0.6 is 0 Å². The molecule has 1 aromatic rings. The molecule has 0 aromatic heterocycles. The van der Waals surface area contributed by atoms with Crippen LogP contribution in [0.15, 0.2) is 6.07 Å². The summed E-state index contributed by atoms with van der Waals surface area (Å²) in [4.78, 5) is 11.0. The lowest BCUT2D eigenvalue weighted by atomic mass is 9.98. The van der Waals surface area contributed by atoms with Crippen molar-refractivity contribution in [1.29, 1.82) is 0 Å². The fourth-order valence-electron chi connectivity index (χ4n) is 1.87. The Bertz CT molecular complexity index is 410. The van der Waals surface area contributed by atoms with E-state index >= 15 is 0 Å². The van der Waals surface area contributed by atoms with Gasteiger partial charge in [-0.25, -0.2) is 0 Å². The molecule has 1 aromatic carbocycles. The van der Waals surface area contributed by atoms with Crippen molar-refractivity contribution in [1.82, 2.24) is 0 Å². The van der Waals surface area contributed by atoms with E-state index in [1.165, 1.54) is 7.11 Å². The molecule has 0 saturated heterocycles. The van der Waals surface area contributed by atoms with Crippen LogP contribution in [-0.4, -0.2) is 27.6 Å². The third-order valence-electron chi connectivity index (χ3n) is 2.60. The molecule has 0 saturated carbocycles. The van der Waals surface area contributed by atoms with Crippen LogP contribution in [0.4, 0.5) is 0 Å². The van der Waals surface area contributed by atoms with Crippen LogP contribution in [0.5, 0.6) is 17.2 Å². The standard InChI is InChI=1S/C13H18O4/c1-8(2)11-10(15-3)6-9(7-14)12(16-4)13(11)17-5/h6-8H,1-5H3. The van der Waals surface area contributed by atoms with E-state index in [0.717, 1.165) is 11.8 Å². The first-order valence-electron chi connectivity index (χ1n) is 5.38. The number of rotatable bonds is 5. The molecule has 0 radical (unpaired) electrons. The van der Waals surface area contributed by atoms with E-state index in [1.807, 2.05) is 13.8 Å². The molecule has 0 bridgehead atoms. The summed E-state index contributed by atoms with van der Waals surface area (Å²) in [6.07, 6.45) is 0.730. The van der Waals surface area contributed by atoms with Crippen LogP contribution < -0.4 is 14.2 Å². The smallest absolute Gasteiger partial charge is 0.171 e. The molecule has 1 rings (SSSR count). The van der Waals surface area contributed by atoms with Crippen molar-refractivity contribution in [3.63, 3.8) is 0 Å². The summed E-state index contributed by atoms with van der Waals surface area (Å²) in [6.45, 7) is 4.06. The summed E-state index contributed by atoms with van der Waals surface area (Å²) in [5, 5.41) is 0. The summed E-state index contributed by atoms with van der Waals surface area (Å²) >= 11 is 0. The van der Waals surface area contributed by atoms with Crippen LogP contribution in [0.1, 0.15) is 35.7 Å². The lowest BCUT2D eigenvalue weighted by Gasteiger charge is -2.19. The Morgan fingerprint density at radius 3 is 2.00 bits per heavy atom. The minimum atomic E-state index is 0.203. The molecule has 0 unspecified atom stereocenters. The zero-order valence-corrected chi connectivity index (χ0v) is 10.9. The molecule has 4 nitrogen and oxygen atoms in total. The number of ether oxygens (including phenoxy) is 3. The van der Waals surface area contributed by atoms with Gasteiger partial charge in [-0.2, -0.15) is 0 Å². The number of methoxy groups -OCH3 is 3. The van der Waals surface area contributed by atoms with Gasteiger partial charge in [0.15, 0.2) is 17.8 Å². The first-order chi connectivity index (χ1) is 8.10. The van der Waals surface area contributed by atoms with Gasteiger partial charge in [0.05, 0.1) is 26.9 Å². The molecular formula is C13H18O4. The van der Waals surface area contributed by atoms with Crippen molar-refractivity contribution in [2.24, 2.45) is 0 Å². The first kappa shape index (κ1) is 13.4. The van der Waals surface area contributed by atoms with Gasteiger partial charge >= 0.3 is 0 Å². The molecule has 0 aliphatic carbocycles. The van der Waals surface area contributed by atoms with Gasteiger partial charge in [-0.1, -0.05) is 13.8 Å². The Balaban J connectivity index is 3.61. The topological polar surface area (TPSA) is 44.8 Å². The predicted molar refractivity (Wildman–Crippen MR) is 65.6 cm³/mol. The highest BCUT2D eigenvalue weighted by Gasteiger charge is 2.22. The van der Waals surface area contributed by atoms with E-state index in [-0.39, 0.29) is 5.92 Å². The summed E-state index contributed by atoms with van der Waals surface area (Å²) in [7, 11) is 4.64. The zero-order valence-electron chi connectivity index (χ0n) is 10.9. The largest absolute Gasteiger partial charge is 0.496 e. The molecule has 94 valence electrons. The van der Waals surface area contributed by atoms with E-state index in [0.29, 0.717) is 22.8 Å². The summed E-state index contributed by atoms with van der Waals surface area (Å²) < 4.78 is 15.9. The minimum Gasteiger partial charge on any atom is -0.496 e. The van der Waals surface area contributed by atoms with Crippen LogP contribution in [-0.2, 0) is 0 Å². The fraction of sp³-hybridized carbons (Fsp3) is 0.462. The Morgan fingerprint density at radius 1 is 1.06 bits per heavy atom. The molecule has 0 amide bonds. The molecule has 0 aliphatic heterocycles. The number of carbonyl (C=O) groups excluding carboxylic acids is 1. The number of hydrogen-bond donors (Lipinski definition) is 0. The lowest BCUT2D eigenvalue weighted by Crippen LogP contribution is -2.04. The van der Waals surface area contributed by atoms with E-state index in [2.05, 4.69) is 0 Å². The monoisotopic (exact) mass is 238 g/mol. The molecule has 0 heterocycles. The maximum Gasteiger partial charge on any atom is 0.171 e. The molecule has 17 heavy (non-hydrogen) atoms. The lowest BCUT2D eigenvalue weighted by molar-refractivity contribution is 0.111. The molecule has 0 spiro atoms. The number of carbonyl (C=O) groups is 1. The third-order valence-corrected chi connectivity index (χ3v) is 2.60. The van der Waals surface area contributed by atoms with Crippen molar-refractivity contribution in [2.45, 2.75) is 19.8 Å². The van der Waals surface area contributed by atoms with Crippen molar-refractivity contribution in [3.05, 3.63) is 17.2 Å². The van der Waals surface area contributed by atoms with E-state index < -0.39 is 0 Å². The van der Waals surface area contributed by atoms with Gasteiger partial charge in [0, 0.05) is 5.56 Å². The van der Waals surface area contributed by atoms with Gasteiger partial charge in [0.2, 0.25) is 0 Å². The number of benzene rings is 1. The van der Waals surface area contributed by atoms with Crippen LogP contribution in [0.3, 0.4) is 0 Å². The maximum absolute atomic E-state index is 11.0. The third kappa shape index (κ3) is 2.35. The number of aldehydes is 1. The SMILES string of the molecule is COc1cc(C=O)c(OC)c(OC)c1C(C)C. The molecule has 4 heteroatoms. The molecular weight excluding hydrogens is 220 g/mol. The quantitative estimate of drug-likeness (QED) is 0.740. The second kappa shape index (κ2) is 5.57. The van der Waals surface area contributed by atoms with Gasteiger partial charge < -0.3 is 14.2 Å². The van der Waals surface area contributed by atoms with Gasteiger partial charge in [0.1, 0.15) is 5.75 Å². The zero-order chi connectivity index (χ0) is 13.0. The van der Waals surface area contributed by atoms with Crippen molar-refractivity contribution in [2.75, 3.05) is 21.3 Å². The van der Waals surface area contributed by atoms with Crippen LogP contribution in [0, 0.1) is 0 Å². The fourth-order valence-corrected chi connectivity index (χ4v) is 1.87. The second-order valence-corrected chi connectivity index (χ2v) is 3.92. The average Bonchev–Trinajstić information content (AvgIpc) is 2.35. The Labute approximate surface area is 101 Å². The van der Waals surface area contributed by atoms with E-state index in [4.69, 9.17) is 14.2 Å². The number of hydrogen-bond acceptors (Lipinski definition) is 4. The van der Waals surface area contributed by atoms with Gasteiger partial charge in [-0.05, 0) is 12.0 Å². The van der Waals surface area contributed by atoms with Crippen molar-refractivity contribution >= 4 is 6.29 Å². The summed E-state index contributed by atoms with van der Waals surface area (Å²) in [5.41, 5.74) is 1.32. The first-order valence-corrected chi connectivity index (χ1v) is 5.38. The van der Waals surface area contributed by atoms with Crippen molar-refractivity contribution in [3.8, 4) is 17.2 Å². The van der Waals surface area contributed by atoms with E-state index in [1.54, 1.807) is 20.3 Å². The second-order valence-electron chi connectivity index (χ2n) is 3.92. The molecule has 0 atom stereocenters. The highest BCUT2D eigenvalue weighted by molar-refractivity contribution is 5.83. The van der Waals surface area contributed by atoms with Crippen LogP contribution in [0.2, 0.25) is 0 Å². The highest BCUT2D eigenvalue weighted by atomic mass is 16.5. The minimum absolute atomic E-state index is 0.203. The normalized spacial score (nSPS) is 10.2. The molecule has 0 aliphatic rings. The van der Waals surface area contributed by atoms with Crippen molar-refractivity contribution < 1.29 is 19.0 Å².